The van der Waals surface area contributed by atoms with Crippen molar-refractivity contribution in [2.75, 3.05) is 18.4 Å². The van der Waals surface area contributed by atoms with Crippen molar-refractivity contribution < 1.29 is 9.59 Å². The molecule has 3 heterocycles. The Balaban J connectivity index is 1.68. The largest absolute Gasteiger partial charge is 0.337 e. The molecule has 1 aromatic heterocycles. The summed E-state index contributed by atoms with van der Waals surface area (Å²) in [5, 5.41) is 3.02. The zero-order valence-electron chi connectivity index (χ0n) is 16.0. The number of aromatic nitrogens is 2. The van der Waals surface area contributed by atoms with Crippen molar-refractivity contribution in [3.63, 3.8) is 0 Å². The van der Waals surface area contributed by atoms with Gasteiger partial charge in [-0.05, 0) is 57.1 Å². The van der Waals surface area contributed by atoms with Crippen molar-refractivity contribution in [3.05, 3.63) is 46.5 Å². The Morgan fingerprint density at radius 1 is 1.00 bits per heavy atom. The zero-order chi connectivity index (χ0) is 19.0. The Morgan fingerprint density at radius 2 is 1.67 bits per heavy atom. The molecule has 4 rings (SSSR count). The highest BCUT2D eigenvalue weighted by Gasteiger charge is 2.31. The summed E-state index contributed by atoms with van der Waals surface area (Å²) in [6.45, 7) is 6.27. The predicted molar refractivity (Wildman–Crippen MR) is 104 cm³/mol. The predicted octanol–water partition coefficient (Wildman–Crippen LogP) is 3.32. The molecule has 2 aliphatic heterocycles. The highest BCUT2D eigenvalue weighted by Crippen LogP contribution is 2.25. The molecule has 6 heteroatoms. The molecular formula is C21H26N4O2. The molecule has 0 saturated carbocycles. The molecule has 142 valence electrons. The highest BCUT2D eigenvalue weighted by atomic mass is 16.2. The van der Waals surface area contributed by atoms with E-state index in [1.54, 1.807) is 0 Å². The summed E-state index contributed by atoms with van der Waals surface area (Å²) in [4.78, 5) is 32.4. The number of imidazole rings is 1. The number of fused-ring (bicyclic) bond motifs is 1. The first-order valence-corrected chi connectivity index (χ1v) is 9.82. The van der Waals surface area contributed by atoms with Crippen LogP contribution in [0.3, 0.4) is 0 Å². The molecule has 2 amide bonds. The summed E-state index contributed by atoms with van der Waals surface area (Å²) >= 11 is 0. The van der Waals surface area contributed by atoms with Crippen LogP contribution in [0.25, 0.3) is 0 Å². The quantitative estimate of drug-likeness (QED) is 0.906. The molecule has 1 aromatic carbocycles. The Kier molecular flexibility index (Phi) is 4.72. The number of carbonyl (C=O) groups is 2. The van der Waals surface area contributed by atoms with Crippen LogP contribution in [-0.4, -0.2) is 39.4 Å². The number of aryl methyl sites for hydroxylation is 2. The van der Waals surface area contributed by atoms with Crippen molar-refractivity contribution in [2.45, 2.75) is 52.5 Å². The van der Waals surface area contributed by atoms with Crippen LogP contribution in [0, 0.1) is 13.8 Å². The summed E-state index contributed by atoms with van der Waals surface area (Å²) in [6, 6.07) is 5.93. The Bertz CT molecular complexity index is 874. The topological polar surface area (TPSA) is 67.2 Å². The number of rotatable bonds is 3. The second kappa shape index (κ2) is 7.18. The van der Waals surface area contributed by atoms with E-state index in [0.717, 1.165) is 74.2 Å². The number of anilines is 1. The van der Waals surface area contributed by atoms with Gasteiger partial charge in [-0.25, -0.2) is 4.98 Å². The van der Waals surface area contributed by atoms with Gasteiger partial charge in [-0.1, -0.05) is 18.2 Å². The fourth-order valence-corrected chi connectivity index (χ4v) is 4.14. The minimum atomic E-state index is -0.240. The molecule has 0 spiro atoms. The van der Waals surface area contributed by atoms with Gasteiger partial charge in [-0.3, -0.25) is 9.59 Å². The molecule has 0 radical (unpaired) electrons. The normalized spacial score (nSPS) is 16.3. The lowest BCUT2D eigenvalue weighted by atomic mass is 10.1. The first-order chi connectivity index (χ1) is 13.1. The highest BCUT2D eigenvalue weighted by molar-refractivity contribution is 6.04. The third kappa shape index (κ3) is 3.24. The van der Waals surface area contributed by atoms with Crippen LogP contribution in [0.1, 0.15) is 63.6 Å². The lowest BCUT2D eigenvalue weighted by Crippen LogP contribution is -2.29. The van der Waals surface area contributed by atoms with E-state index >= 15 is 0 Å². The monoisotopic (exact) mass is 366 g/mol. The van der Waals surface area contributed by atoms with Crippen LogP contribution in [0.2, 0.25) is 0 Å². The molecule has 0 aliphatic carbocycles. The number of likely N-dealkylation sites (tertiary alicyclic amines) is 1. The molecule has 0 bridgehead atoms. The summed E-state index contributed by atoms with van der Waals surface area (Å²) in [6.07, 6.45) is 4.93. The van der Waals surface area contributed by atoms with Crippen LogP contribution < -0.4 is 5.32 Å². The van der Waals surface area contributed by atoms with E-state index in [9.17, 15) is 9.59 Å². The van der Waals surface area contributed by atoms with Gasteiger partial charge in [0, 0.05) is 25.3 Å². The Morgan fingerprint density at radius 3 is 2.37 bits per heavy atom. The first kappa shape index (κ1) is 17.8. The van der Waals surface area contributed by atoms with Gasteiger partial charge in [-0.2, -0.15) is 0 Å². The van der Waals surface area contributed by atoms with Gasteiger partial charge in [0.05, 0.1) is 5.69 Å². The van der Waals surface area contributed by atoms with Gasteiger partial charge < -0.3 is 14.8 Å². The first-order valence-electron chi connectivity index (χ1n) is 9.82. The Hall–Kier alpha value is -2.63. The number of carbonyl (C=O) groups excluding carboxylic acids is 2. The average Bonchev–Trinajstić information content (AvgIpc) is 3.32. The fraction of sp³-hybridized carbons (Fsp3) is 0.476. The number of para-hydroxylation sites is 1. The van der Waals surface area contributed by atoms with Crippen LogP contribution in [0.5, 0.6) is 0 Å². The number of amides is 2. The van der Waals surface area contributed by atoms with Gasteiger partial charge in [0.25, 0.3) is 11.8 Å². The van der Waals surface area contributed by atoms with E-state index in [4.69, 9.17) is 0 Å². The summed E-state index contributed by atoms with van der Waals surface area (Å²) in [5.41, 5.74) is 4.25. The van der Waals surface area contributed by atoms with Crippen molar-refractivity contribution in [3.8, 4) is 0 Å². The second-order valence-electron chi connectivity index (χ2n) is 7.56. The minimum Gasteiger partial charge on any atom is -0.337 e. The lowest BCUT2D eigenvalue weighted by molar-refractivity contribution is 0.0786. The van der Waals surface area contributed by atoms with Gasteiger partial charge in [0.15, 0.2) is 5.82 Å². The molecule has 2 aromatic rings. The number of benzene rings is 1. The van der Waals surface area contributed by atoms with E-state index in [1.165, 1.54) is 0 Å². The lowest BCUT2D eigenvalue weighted by Gasteiger charge is -2.19. The van der Waals surface area contributed by atoms with E-state index in [-0.39, 0.29) is 11.8 Å². The minimum absolute atomic E-state index is 0.0238. The molecule has 1 saturated heterocycles. The summed E-state index contributed by atoms with van der Waals surface area (Å²) < 4.78 is 1.95. The van der Waals surface area contributed by atoms with Crippen molar-refractivity contribution >= 4 is 17.5 Å². The number of nitrogens with zero attached hydrogens (tertiary/aromatic N) is 3. The molecule has 0 atom stereocenters. The van der Waals surface area contributed by atoms with E-state index in [0.29, 0.717) is 11.5 Å². The van der Waals surface area contributed by atoms with Crippen molar-refractivity contribution in [1.29, 1.82) is 0 Å². The maximum atomic E-state index is 13.0. The fourth-order valence-electron chi connectivity index (χ4n) is 4.14. The average molecular weight is 366 g/mol. The van der Waals surface area contributed by atoms with Crippen LogP contribution >= 0.6 is 0 Å². The number of nitrogens with one attached hydrogen (secondary N) is 1. The van der Waals surface area contributed by atoms with Gasteiger partial charge in [0.1, 0.15) is 5.69 Å². The summed E-state index contributed by atoms with van der Waals surface area (Å²) in [5.74, 6) is 0.0928. The molecular weight excluding hydrogens is 340 g/mol. The van der Waals surface area contributed by atoms with Gasteiger partial charge in [-0.15, -0.1) is 0 Å². The van der Waals surface area contributed by atoms with Crippen LogP contribution in [-0.2, 0) is 13.0 Å². The van der Waals surface area contributed by atoms with Gasteiger partial charge >= 0.3 is 0 Å². The van der Waals surface area contributed by atoms with Crippen LogP contribution in [0.4, 0.5) is 5.69 Å². The van der Waals surface area contributed by atoms with Gasteiger partial charge in [0.2, 0.25) is 0 Å². The SMILES string of the molecule is Cc1cccc(C)c1NC(=O)c1nc(C(=O)N2CCCC2)c2n1CCCC2. The molecule has 27 heavy (non-hydrogen) atoms. The maximum absolute atomic E-state index is 13.0. The van der Waals surface area contributed by atoms with Crippen molar-refractivity contribution in [1.82, 2.24) is 14.5 Å². The van der Waals surface area contributed by atoms with Crippen LogP contribution in [0.15, 0.2) is 18.2 Å². The molecule has 6 nitrogen and oxygen atoms in total. The van der Waals surface area contributed by atoms with E-state index in [1.807, 2.05) is 41.5 Å². The second-order valence-corrected chi connectivity index (χ2v) is 7.56. The third-order valence-corrected chi connectivity index (χ3v) is 5.64. The molecule has 1 fully saturated rings. The van der Waals surface area contributed by atoms with E-state index < -0.39 is 0 Å². The molecule has 0 unspecified atom stereocenters. The zero-order valence-corrected chi connectivity index (χ0v) is 16.0. The smallest absolute Gasteiger partial charge is 0.291 e. The van der Waals surface area contributed by atoms with E-state index in [2.05, 4.69) is 10.3 Å². The number of hydrogen-bond acceptors (Lipinski definition) is 3. The summed E-state index contributed by atoms with van der Waals surface area (Å²) in [7, 11) is 0. The standard InChI is InChI=1S/C21H26N4O2/c1-14-8-7-9-15(2)17(14)23-20(26)19-22-18(16-10-3-4-13-25(16)19)21(27)24-11-5-6-12-24/h7-9H,3-6,10-13H2,1-2H3,(H,23,26). The molecule has 1 N–H and O–H groups in total. The number of hydrogen-bond donors (Lipinski definition) is 1. The maximum Gasteiger partial charge on any atom is 0.291 e. The van der Waals surface area contributed by atoms with Crippen molar-refractivity contribution in [2.24, 2.45) is 0 Å². The Labute approximate surface area is 159 Å². The molecule has 2 aliphatic rings. The third-order valence-electron chi connectivity index (χ3n) is 5.64.